The van der Waals surface area contributed by atoms with E-state index >= 15 is 0 Å². The van der Waals surface area contributed by atoms with Gasteiger partial charge in [-0.2, -0.15) is 0 Å². The Morgan fingerprint density at radius 3 is 2.65 bits per heavy atom. The second-order valence-corrected chi connectivity index (χ2v) is 8.82. The molecule has 0 spiro atoms. The highest BCUT2D eigenvalue weighted by atomic mass is 16.1. The van der Waals surface area contributed by atoms with E-state index in [2.05, 4.69) is 54.2 Å². The topological polar surface area (TPSA) is 71.0 Å². The van der Waals surface area contributed by atoms with Gasteiger partial charge >= 0.3 is 0 Å². The molecule has 3 aromatic rings. The van der Waals surface area contributed by atoms with Crippen LogP contribution in [0.1, 0.15) is 55.0 Å². The molecule has 1 aromatic carbocycles. The van der Waals surface area contributed by atoms with Crippen LogP contribution in [0.3, 0.4) is 0 Å². The van der Waals surface area contributed by atoms with Crippen LogP contribution in [-0.2, 0) is 11.3 Å². The van der Waals surface area contributed by atoms with E-state index in [1.54, 1.807) is 6.20 Å². The summed E-state index contributed by atoms with van der Waals surface area (Å²) in [5.41, 5.74) is 5.51. The number of aryl methyl sites for hydroxylation is 2. The standard InChI is InChI=1S/C25H31N5O/c1-16(2)20-5-6-23-22(13-20)18(4)28-25(29-23)30-11-8-19(9-12-30)24(31)27-15-21-7-10-26-14-17(21)3/h5-7,10,13-14,16,19H,8-9,11-12,15H2,1-4H3,(H,27,31). The van der Waals surface area contributed by atoms with E-state index in [-0.39, 0.29) is 11.8 Å². The van der Waals surface area contributed by atoms with Crippen LogP contribution < -0.4 is 10.2 Å². The highest BCUT2D eigenvalue weighted by Crippen LogP contribution is 2.26. The summed E-state index contributed by atoms with van der Waals surface area (Å²) in [6.07, 6.45) is 5.22. The smallest absolute Gasteiger partial charge is 0.226 e. The van der Waals surface area contributed by atoms with Crippen LogP contribution in [0.4, 0.5) is 5.95 Å². The third-order valence-electron chi connectivity index (χ3n) is 6.30. The molecular weight excluding hydrogens is 386 g/mol. The number of fused-ring (bicyclic) bond motifs is 1. The Hall–Kier alpha value is -3.02. The number of hydrogen-bond donors (Lipinski definition) is 1. The number of nitrogens with one attached hydrogen (secondary N) is 1. The number of rotatable bonds is 5. The molecule has 4 rings (SSSR count). The molecule has 6 heteroatoms. The molecule has 0 aliphatic carbocycles. The minimum atomic E-state index is 0.0357. The van der Waals surface area contributed by atoms with Crippen molar-refractivity contribution in [2.75, 3.05) is 18.0 Å². The predicted octanol–water partition coefficient (Wildman–Crippen LogP) is 4.30. The van der Waals surface area contributed by atoms with E-state index in [9.17, 15) is 4.79 Å². The van der Waals surface area contributed by atoms with Gasteiger partial charge in [0.25, 0.3) is 0 Å². The summed E-state index contributed by atoms with van der Waals surface area (Å²) in [7, 11) is 0. The minimum Gasteiger partial charge on any atom is -0.352 e. The third kappa shape index (κ3) is 4.68. The average molecular weight is 418 g/mol. The normalized spacial score (nSPS) is 14.9. The maximum absolute atomic E-state index is 12.7. The van der Waals surface area contributed by atoms with Gasteiger partial charge in [0, 0.05) is 43.3 Å². The molecule has 0 unspecified atom stereocenters. The van der Waals surface area contributed by atoms with Crippen molar-refractivity contribution in [3.05, 3.63) is 59.0 Å². The summed E-state index contributed by atoms with van der Waals surface area (Å²) in [6.45, 7) is 10.6. The van der Waals surface area contributed by atoms with Crippen molar-refractivity contribution in [3.8, 4) is 0 Å². The molecule has 0 saturated carbocycles. The average Bonchev–Trinajstić information content (AvgIpc) is 2.78. The Morgan fingerprint density at radius 2 is 1.94 bits per heavy atom. The van der Waals surface area contributed by atoms with Gasteiger partial charge < -0.3 is 10.2 Å². The first-order valence-corrected chi connectivity index (χ1v) is 11.1. The Bertz CT molecular complexity index is 1090. The van der Waals surface area contributed by atoms with Crippen LogP contribution in [0, 0.1) is 19.8 Å². The van der Waals surface area contributed by atoms with Crippen LogP contribution in [0.15, 0.2) is 36.7 Å². The zero-order valence-corrected chi connectivity index (χ0v) is 18.9. The van der Waals surface area contributed by atoms with Gasteiger partial charge in [0.1, 0.15) is 0 Å². The van der Waals surface area contributed by atoms with Crippen molar-refractivity contribution >= 4 is 22.8 Å². The number of piperidine rings is 1. The van der Waals surface area contributed by atoms with Crippen molar-refractivity contribution in [1.82, 2.24) is 20.3 Å². The predicted molar refractivity (Wildman–Crippen MR) is 124 cm³/mol. The van der Waals surface area contributed by atoms with Crippen molar-refractivity contribution in [3.63, 3.8) is 0 Å². The van der Waals surface area contributed by atoms with Gasteiger partial charge in [-0.15, -0.1) is 0 Å². The molecule has 0 bridgehead atoms. The fraction of sp³-hybridized carbons (Fsp3) is 0.440. The van der Waals surface area contributed by atoms with Crippen molar-refractivity contribution in [2.24, 2.45) is 5.92 Å². The Labute approximate surface area is 184 Å². The fourth-order valence-corrected chi connectivity index (χ4v) is 4.15. The molecule has 1 saturated heterocycles. The number of pyridine rings is 1. The van der Waals surface area contributed by atoms with E-state index < -0.39 is 0 Å². The summed E-state index contributed by atoms with van der Waals surface area (Å²) in [5, 5.41) is 4.22. The first kappa shape index (κ1) is 21.2. The number of anilines is 1. The molecular formula is C25H31N5O. The first-order chi connectivity index (χ1) is 14.9. The number of carbonyl (C=O) groups excluding carboxylic acids is 1. The van der Waals surface area contributed by atoms with Crippen LogP contribution in [-0.4, -0.2) is 33.9 Å². The molecule has 162 valence electrons. The van der Waals surface area contributed by atoms with Crippen molar-refractivity contribution < 1.29 is 4.79 Å². The molecule has 31 heavy (non-hydrogen) atoms. The molecule has 1 N–H and O–H groups in total. The number of benzene rings is 1. The Balaban J connectivity index is 1.39. The maximum atomic E-state index is 12.7. The number of carbonyl (C=O) groups is 1. The number of amides is 1. The largest absolute Gasteiger partial charge is 0.352 e. The monoisotopic (exact) mass is 417 g/mol. The maximum Gasteiger partial charge on any atom is 0.226 e. The summed E-state index contributed by atoms with van der Waals surface area (Å²) in [4.78, 5) is 28.6. The van der Waals surface area contributed by atoms with E-state index in [0.29, 0.717) is 12.5 Å². The van der Waals surface area contributed by atoms with Gasteiger partial charge in [-0.25, -0.2) is 9.97 Å². The first-order valence-electron chi connectivity index (χ1n) is 11.1. The Kier molecular flexibility index (Phi) is 6.16. The molecule has 1 aliphatic rings. The highest BCUT2D eigenvalue weighted by Gasteiger charge is 2.26. The van der Waals surface area contributed by atoms with Gasteiger partial charge in [0.15, 0.2) is 0 Å². The van der Waals surface area contributed by atoms with Gasteiger partial charge in [-0.1, -0.05) is 19.9 Å². The highest BCUT2D eigenvalue weighted by molar-refractivity contribution is 5.83. The molecule has 1 aliphatic heterocycles. The summed E-state index contributed by atoms with van der Waals surface area (Å²) < 4.78 is 0. The van der Waals surface area contributed by atoms with Crippen LogP contribution in [0.5, 0.6) is 0 Å². The minimum absolute atomic E-state index is 0.0357. The molecule has 3 heterocycles. The van der Waals surface area contributed by atoms with Crippen molar-refractivity contribution in [2.45, 2.75) is 53.0 Å². The van der Waals surface area contributed by atoms with E-state index in [1.807, 2.05) is 19.2 Å². The molecule has 6 nitrogen and oxygen atoms in total. The molecule has 2 aromatic heterocycles. The lowest BCUT2D eigenvalue weighted by molar-refractivity contribution is -0.125. The van der Waals surface area contributed by atoms with Gasteiger partial charge in [0.2, 0.25) is 11.9 Å². The lowest BCUT2D eigenvalue weighted by Crippen LogP contribution is -2.41. The fourth-order valence-electron chi connectivity index (χ4n) is 4.15. The molecule has 0 radical (unpaired) electrons. The second kappa shape index (κ2) is 9.00. The lowest BCUT2D eigenvalue weighted by atomic mass is 9.96. The Morgan fingerprint density at radius 1 is 1.16 bits per heavy atom. The lowest BCUT2D eigenvalue weighted by Gasteiger charge is -2.31. The van der Waals surface area contributed by atoms with E-state index in [0.717, 1.165) is 59.6 Å². The molecule has 0 atom stereocenters. The van der Waals surface area contributed by atoms with Crippen LogP contribution in [0.25, 0.3) is 10.9 Å². The second-order valence-electron chi connectivity index (χ2n) is 8.82. The summed E-state index contributed by atoms with van der Waals surface area (Å²) in [6, 6.07) is 8.43. The molecule has 1 fully saturated rings. The molecule has 1 amide bonds. The SMILES string of the molecule is Cc1cnccc1CNC(=O)C1CCN(c2nc(C)c3cc(C(C)C)ccc3n2)CC1. The quantitative estimate of drug-likeness (QED) is 0.670. The summed E-state index contributed by atoms with van der Waals surface area (Å²) >= 11 is 0. The number of aromatic nitrogens is 3. The zero-order chi connectivity index (χ0) is 22.0. The van der Waals surface area contributed by atoms with E-state index in [4.69, 9.17) is 9.97 Å². The van der Waals surface area contributed by atoms with E-state index in [1.165, 1.54) is 5.56 Å². The van der Waals surface area contributed by atoms with Crippen LogP contribution in [0.2, 0.25) is 0 Å². The van der Waals surface area contributed by atoms with Crippen LogP contribution >= 0.6 is 0 Å². The zero-order valence-electron chi connectivity index (χ0n) is 18.9. The number of hydrogen-bond acceptors (Lipinski definition) is 5. The third-order valence-corrected chi connectivity index (χ3v) is 6.30. The van der Waals surface area contributed by atoms with Gasteiger partial charge in [-0.3, -0.25) is 9.78 Å². The van der Waals surface area contributed by atoms with Gasteiger partial charge in [0.05, 0.1) is 11.2 Å². The van der Waals surface area contributed by atoms with Gasteiger partial charge in [-0.05, 0) is 67.5 Å². The summed E-state index contributed by atoms with van der Waals surface area (Å²) in [5.74, 6) is 1.42. The number of nitrogens with zero attached hydrogens (tertiary/aromatic N) is 4. The van der Waals surface area contributed by atoms with Crippen molar-refractivity contribution in [1.29, 1.82) is 0 Å².